The lowest BCUT2D eigenvalue weighted by Crippen LogP contribution is -2.54. The van der Waals surface area contributed by atoms with Crippen LogP contribution in [-0.2, 0) is 23.8 Å². The second-order valence-electron chi connectivity index (χ2n) is 5.57. The SMILES string of the molecule is O=C(O)C[C@H]1CC[C@@H]2O[C@@H]3C[C@@]2(O1)[C@H]1O[C@H]1C3=O. The summed E-state index contributed by atoms with van der Waals surface area (Å²) in [6.07, 6.45) is 0.516. The van der Waals surface area contributed by atoms with Gasteiger partial charge in [-0.05, 0) is 12.8 Å². The zero-order chi connectivity index (χ0) is 12.5. The van der Waals surface area contributed by atoms with Crippen molar-refractivity contribution in [3.05, 3.63) is 0 Å². The number of carbonyl (C=O) groups is 2. The molecule has 0 aromatic heterocycles. The zero-order valence-electron chi connectivity index (χ0n) is 9.70. The minimum atomic E-state index is -0.856. The average molecular weight is 254 g/mol. The molecule has 0 unspecified atom stereocenters. The molecule has 1 aliphatic carbocycles. The lowest BCUT2D eigenvalue weighted by atomic mass is 9.78. The molecular formula is C12H14O6. The lowest BCUT2D eigenvalue weighted by Gasteiger charge is -2.41. The van der Waals surface area contributed by atoms with Gasteiger partial charge in [-0.15, -0.1) is 0 Å². The molecule has 6 heteroatoms. The highest BCUT2D eigenvalue weighted by Crippen LogP contribution is 2.55. The molecule has 0 aromatic rings. The van der Waals surface area contributed by atoms with Crippen LogP contribution in [0.2, 0.25) is 0 Å². The van der Waals surface area contributed by atoms with Gasteiger partial charge in [-0.25, -0.2) is 0 Å². The summed E-state index contributed by atoms with van der Waals surface area (Å²) in [5.41, 5.74) is -0.568. The van der Waals surface area contributed by atoms with Gasteiger partial charge in [0, 0.05) is 6.42 Å². The van der Waals surface area contributed by atoms with Gasteiger partial charge in [-0.3, -0.25) is 9.59 Å². The number of carboxylic acid groups (broad SMARTS) is 1. The molecule has 4 aliphatic rings. The number of epoxide rings is 1. The van der Waals surface area contributed by atoms with Crippen molar-refractivity contribution in [2.75, 3.05) is 0 Å². The molecule has 4 fully saturated rings. The van der Waals surface area contributed by atoms with Crippen LogP contribution < -0.4 is 0 Å². The van der Waals surface area contributed by atoms with Crippen molar-refractivity contribution in [2.24, 2.45) is 0 Å². The Morgan fingerprint density at radius 3 is 3.00 bits per heavy atom. The van der Waals surface area contributed by atoms with Gasteiger partial charge in [0.15, 0.2) is 5.78 Å². The molecule has 6 nitrogen and oxygen atoms in total. The Morgan fingerprint density at radius 2 is 2.22 bits per heavy atom. The maximum absolute atomic E-state index is 11.8. The number of Topliss-reactive ketones (excluding diaryl/α,β-unsaturated/α-hetero) is 1. The fourth-order valence-electron chi connectivity index (χ4n) is 3.68. The molecule has 3 aliphatic heterocycles. The second kappa shape index (κ2) is 3.31. The standard InChI is InChI=1S/C12H14O6/c13-8(14)3-5-1-2-7-12(18-5)4-6(16-7)9(15)10-11(12)17-10/h5-7,10-11H,1-4H2,(H,13,14)/t5-,6-,7+,10+,11+,12+/m1/s1. The van der Waals surface area contributed by atoms with E-state index >= 15 is 0 Å². The number of hydrogen-bond donors (Lipinski definition) is 1. The van der Waals surface area contributed by atoms with Crippen LogP contribution in [0.5, 0.6) is 0 Å². The van der Waals surface area contributed by atoms with E-state index in [2.05, 4.69) is 0 Å². The second-order valence-corrected chi connectivity index (χ2v) is 5.57. The molecule has 3 heterocycles. The van der Waals surface area contributed by atoms with E-state index in [1.54, 1.807) is 0 Å². The Kier molecular flexibility index (Phi) is 2.01. The number of rotatable bonds is 2. The number of aliphatic carboxylic acids is 1. The summed E-state index contributed by atoms with van der Waals surface area (Å²) in [6, 6.07) is 0. The van der Waals surface area contributed by atoms with Crippen molar-refractivity contribution in [2.45, 2.75) is 61.8 Å². The molecule has 0 amide bonds. The van der Waals surface area contributed by atoms with Gasteiger partial charge in [-0.2, -0.15) is 0 Å². The highest BCUT2D eigenvalue weighted by atomic mass is 16.7. The van der Waals surface area contributed by atoms with Crippen LogP contribution in [0.1, 0.15) is 25.7 Å². The van der Waals surface area contributed by atoms with Crippen molar-refractivity contribution in [1.29, 1.82) is 0 Å². The van der Waals surface area contributed by atoms with Crippen molar-refractivity contribution >= 4 is 11.8 Å². The molecule has 1 spiro atoms. The number of carbonyl (C=O) groups excluding carboxylic acids is 1. The first-order chi connectivity index (χ1) is 8.60. The third-order valence-electron chi connectivity index (χ3n) is 4.49. The number of fused-ring (bicyclic) bond motifs is 2. The Morgan fingerprint density at radius 1 is 1.39 bits per heavy atom. The van der Waals surface area contributed by atoms with Gasteiger partial charge >= 0.3 is 5.97 Å². The predicted octanol–water partition coefficient (Wildman–Crippen LogP) is -0.113. The highest BCUT2D eigenvalue weighted by Gasteiger charge is 2.73. The fraction of sp³-hybridized carbons (Fsp3) is 0.833. The summed E-state index contributed by atoms with van der Waals surface area (Å²) < 4.78 is 17.2. The summed E-state index contributed by atoms with van der Waals surface area (Å²) >= 11 is 0. The van der Waals surface area contributed by atoms with E-state index < -0.39 is 17.7 Å². The summed E-state index contributed by atoms with van der Waals surface area (Å²) in [7, 11) is 0. The number of hydrogen-bond acceptors (Lipinski definition) is 5. The van der Waals surface area contributed by atoms with Gasteiger partial charge in [-0.1, -0.05) is 0 Å². The van der Waals surface area contributed by atoms with Crippen LogP contribution in [0.4, 0.5) is 0 Å². The molecular weight excluding hydrogens is 240 g/mol. The molecule has 4 rings (SSSR count). The summed E-state index contributed by atoms with van der Waals surface area (Å²) in [5.74, 6) is -0.830. The van der Waals surface area contributed by atoms with Crippen LogP contribution in [0.3, 0.4) is 0 Å². The van der Waals surface area contributed by atoms with Crippen LogP contribution in [0, 0.1) is 0 Å². The predicted molar refractivity (Wildman–Crippen MR) is 56.0 cm³/mol. The minimum Gasteiger partial charge on any atom is -0.481 e. The first-order valence-corrected chi connectivity index (χ1v) is 6.34. The largest absolute Gasteiger partial charge is 0.481 e. The first kappa shape index (κ1) is 10.9. The molecule has 3 saturated heterocycles. The third-order valence-corrected chi connectivity index (χ3v) is 4.49. The van der Waals surface area contributed by atoms with Gasteiger partial charge in [0.1, 0.15) is 23.9 Å². The maximum Gasteiger partial charge on any atom is 0.305 e. The van der Waals surface area contributed by atoms with Crippen LogP contribution in [-0.4, -0.2) is 53.0 Å². The zero-order valence-corrected chi connectivity index (χ0v) is 9.70. The first-order valence-electron chi connectivity index (χ1n) is 6.34. The summed E-state index contributed by atoms with van der Waals surface area (Å²) in [4.78, 5) is 22.6. The molecule has 0 aromatic carbocycles. The van der Waals surface area contributed by atoms with Crippen molar-refractivity contribution < 1.29 is 28.9 Å². The third kappa shape index (κ3) is 1.28. The fourth-order valence-corrected chi connectivity index (χ4v) is 3.68. The lowest BCUT2D eigenvalue weighted by molar-refractivity contribution is -0.181. The molecule has 1 saturated carbocycles. The monoisotopic (exact) mass is 254 g/mol. The van der Waals surface area contributed by atoms with E-state index in [1.807, 2.05) is 0 Å². The van der Waals surface area contributed by atoms with Crippen molar-refractivity contribution in [3.63, 3.8) is 0 Å². The quantitative estimate of drug-likeness (QED) is 0.692. The van der Waals surface area contributed by atoms with Crippen molar-refractivity contribution in [1.82, 2.24) is 0 Å². The Balaban J connectivity index is 1.61. The van der Waals surface area contributed by atoms with E-state index in [-0.39, 0.29) is 36.6 Å². The Hall–Kier alpha value is -0.980. The molecule has 98 valence electrons. The topological polar surface area (TPSA) is 85.4 Å². The van der Waals surface area contributed by atoms with Gasteiger partial charge < -0.3 is 19.3 Å². The van der Waals surface area contributed by atoms with Crippen LogP contribution in [0.25, 0.3) is 0 Å². The van der Waals surface area contributed by atoms with E-state index in [4.69, 9.17) is 19.3 Å². The van der Waals surface area contributed by atoms with Gasteiger partial charge in [0.05, 0.1) is 18.6 Å². The van der Waals surface area contributed by atoms with E-state index in [0.717, 1.165) is 6.42 Å². The van der Waals surface area contributed by atoms with Crippen LogP contribution in [0.15, 0.2) is 0 Å². The van der Waals surface area contributed by atoms with E-state index in [0.29, 0.717) is 12.8 Å². The van der Waals surface area contributed by atoms with Gasteiger partial charge in [0.2, 0.25) is 0 Å². The summed E-state index contributed by atoms with van der Waals surface area (Å²) in [6.45, 7) is 0. The molecule has 2 bridgehead atoms. The highest BCUT2D eigenvalue weighted by molar-refractivity contribution is 5.92. The number of carboxylic acids is 1. The molecule has 18 heavy (non-hydrogen) atoms. The maximum atomic E-state index is 11.8. The normalized spacial score (nSPS) is 52.7. The van der Waals surface area contributed by atoms with Crippen molar-refractivity contribution in [3.8, 4) is 0 Å². The van der Waals surface area contributed by atoms with E-state index in [9.17, 15) is 9.59 Å². The Bertz CT molecular complexity index is 434. The molecule has 0 radical (unpaired) electrons. The minimum absolute atomic E-state index is 0.00443. The number of ether oxygens (including phenoxy) is 3. The number of ketones is 1. The van der Waals surface area contributed by atoms with E-state index in [1.165, 1.54) is 0 Å². The molecule has 6 atom stereocenters. The van der Waals surface area contributed by atoms with Crippen LogP contribution >= 0.6 is 0 Å². The summed E-state index contributed by atoms with van der Waals surface area (Å²) in [5, 5.41) is 8.85. The smallest absolute Gasteiger partial charge is 0.305 e. The Labute approximate surface area is 103 Å². The van der Waals surface area contributed by atoms with Gasteiger partial charge in [0.25, 0.3) is 0 Å². The molecule has 1 N–H and O–H groups in total. The average Bonchev–Trinajstić information content (AvgIpc) is 3.03.